The zero-order valence-electron chi connectivity index (χ0n) is 14.0. The third-order valence-corrected chi connectivity index (χ3v) is 4.31. The summed E-state index contributed by atoms with van der Waals surface area (Å²) in [6.45, 7) is 1.67. The van der Waals surface area contributed by atoms with Crippen molar-refractivity contribution in [3.63, 3.8) is 0 Å². The van der Waals surface area contributed by atoms with Gasteiger partial charge in [-0.1, -0.05) is 0 Å². The van der Waals surface area contributed by atoms with E-state index in [1.165, 1.54) is 16.6 Å². The number of anilines is 1. The van der Waals surface area contributed by atoms with Gasteiger partial charge in [-0.3, -0.25) is 9.59 Å². The molecule has 0 fully saturated rings. The number of fused-ring (bicyclic) bond motifs is 2. The Labute approximate surface area is 159 Å². The van der Waals surface area contributed by atoms with Crippen LogP contribution in [-0.4, -0.2) is 30.1 Å². The SMILES string of the molecule is Cc1ccc2c(=O)n3nc(Br)cc3n(CC(=O)Nc3ccc(F)cn3)c2n1. The molecule has 0 aliphatic carbocycles. The van der Waals surface area contributed by atoms with E-state index in [2.05, 4.69) is 36.3 Å². The highest BCUT2D eigenvalue weighted by Crippen LogP contribution is 2.17. The second-order valence-electron chi connectivity index (χ2n) is 5.86. The number of nitrogens with zero attached hydrogens (tertiary/aromatic N) is 5. The number of halogens is 2. The molecule has 4 aromatic rings. The molecular weight excluding hydrogens is 419 g/mol. The normalized spacial score (nSPS) is 11.2. The Morgan fingerprint density at radius 3 is 2.85 bits per heavy atom. The van der Waals surface area contributed by atoms with Gasteiger partial charge in [0.15, 0.2) is 0 Å². The smallest absolute Gasteiger partial charge is 0.283 e. The first-order valence-electron chi connectivity index (χ1n) is 7.89. The molecule has 0 aliphatic rings. The fourth-order valence-electron chi connectivity index (χ4n) is 2.75. The maximum Gasteiger partial charge on any atom is 0.283 e. The lowest BCUT2D eigenvalue weighted by Gasteiger charge is -2.12. The lowest BCUT2D eigenvalue weighted by atomic mass is 10.3. The number of nitrogens with one attached hydrogen (secondary N) is 1. The van der Waals surface area contributed by atoms with Crippen LogP contribution in [0, 0.1) is 12.7 Å². The molecule has 0 spiro atoms. The van der Waals surface area contributed by atoms with Crippen LogP contribution in [0.2, 0.25) is 0 Å². The summed E-state index contributed by atoms with van der Waals surface area (Å²) < 4.78 is 16.2. The molecule has 0 atom stereocenters. The molecule has 1 amide bonds. The minimum atomic E-state index is -0.495. The fourth-order valence-corrected chi connectivity index (χ4v) is 3.12. The average molecular weight is 431 g/mol. The molecule has 0 radical (unpaired) electrons. The van der Waals surface area contributed by atoms with Crippen molar-refractivity contribution in [1.29, 1.82) is 0 Å². The first-order chi connectivity index (χ1) is 12.9. The van der Waals surface area contributed by atoms with Gasteiger partial charge >= 0.3 is 0 Å². The Morgan fingerprint density at radius 1 is 1.30 bits per heavy atom. The Morgan fingerprint density at radius 2 is 2.11 bits per heavy atom. The van der Waals surface area contributed by atoms with Gasteiger partial charge < -0.3 is 9.88 Å². The second-order valence-corrected chi connectivity index (χ2v) is 6.67. The lowest BCUT2D eigenvalue weighted by molar-refractivity contribution is -0.116. The predicted molar refractivity (Wildman–Crippen MR) is 100 cm³/mol. The standard InChI is InChI=1S/C17H12BrFN6O2/c1-9-2-4-11-16(21-9)24(15-6-12(18)23-25(15)17(11)27)8-14(26)22-13-5-3-10(19)7-20-13/h2-7H,8H2,1H3,(H,20,22,26). The zero-order chi connectivity index (χ0) is 19.1. The molecule has 0 bridgehead atoms. The van der Waals surface area contributed by atoms with Crippen molar-refractivity contribution >= 4 is 44.3 Å². The van der Waals surface area contributed by atoms with Crippen LogP contribution in [0.1, 0.15) is 5.69 Å². The van der Waals surface area contributed by atoms with E-state index >= 15 is 0 Å². The highest BCUT2D eigenvalue weighted by atomic mass is 79.9. The summed E-state index contributed by atoms with van der Waals surface area (Å²) >= 11 is 3.26. The summed E-state index contributed by atoms with van der Waals surface area (Å²) in [6.07, 6.45) is 1.02. The number of carbonyl (C=O) groups excluding carboxylic acids is 1. The van der Waals surface area contributed by atoms with Crippen molar-refractivity contribution in [2.24, 2.45) is 0 Å². The Balaban J connectivity index is 1.82. The molecule has 10 heteroatoms. The monoisotopic (exact) mass is 430 g/mol. The van der Waals surface area contributed by atoms with Gasteiger partial charge in [-0.15, -0.1) is 0 Å². The van der Waals surface area contributed by atoms with Gasteiger partial charge in [0.05, 0.1) is 11.6 Å². The van der Waals surface area contributed by atoms with Gasteiger partial charge in [-0.25, -0.2) is 14.4 Å². The second kappa shape index (κ2) is 6.54. The first-order valence-corrected chi connectivity index (χ1v) is 8.68. The molecule has 0 saturated heterocycles. The summed E-state index contributed by atoms with van der Waals surface area (Å²) in [5.41, 5.74) is 1.18. The number of hydrogen-bond acceptors (Lipinski definition) is 5. The number of rotatable bonds is 3. The van der Waals surface area contributed by atoms with Gasteiger partial charge in [-0.05, 0) is 47.1 Å². The summed E-state index contributed by atoms with van der Waals surface area (Å²) in [5, 5.41) is 7.08. The Hall–Kier alpha value is -3.14. The fraction of sp³-hybridized carbons (Fsp3) is 0.118. The molecule has 4 rings (SSSR count). The van der Waals surface area contributed by atoms with Crippen LogP contribution in [-0.2, 0) is 11.3 Å². The molecule has 136 valence electrons. The maximum absolute atomic E-state index is 13.0. The zero-order valence-corrected chi connectivity index (χ0v) is 15.6. The van der Waals surface area contributed by atoms with E-state index in [4.69, 9.17) is 0 Å². The van der Waals surface area contributed by atoms with Crippen LogP contribution in [0.15, 0.2) is 45.9 Å². The van der Waals surface area contributed by atoms with Crippen molar-refractivity contribution in [3.05, 3.63) is 63.0 Å². The van der Waals surface area contributed by atoms with Gasteiger partial charge in [0.1, 0.15) is 34.1 Å². The molecule has 27 heavy (non-hydrogen) atoms. The van der Waals surface area contributed by atoms with E-state index < -0.39 is 11.7 Å². The predicted octanol–water partition coefficient (Wildman–Crippen LogP) is 2.29. The van der Waals surface area contributed by atoms with Crippen LogP contribution in [0.3, 0.4) is 0 Å². The molecular formula is C17H12BrFN6O2. The number of amides is 1. The molecule has 8 nitrogen and oxygen atoms in total. The van der Waals surface area contributed by atoms with Crippen molar-refractivity contribution < 1.29 is 9.18 Å². The maximum atomic E-state index is 13.0. The summed E-state index contributed by atoms with van der Waals surface area (Å²) in [4.78, 5) is 33.4. The molecule has 4 aromatic heterocycles. The third-order valence-electron chi connectivity index (χ3n) is 3.93. The van der Waals surface area contributed by atoms with Crippen molar-refractivity contribution in [3.8, 4) is 0 Å². The van der Waals surface area contributed by atoms with Crippen LogP contribution >= 0.6 is 15.9 Å². The molecule has 0 aromatic carbocycles. The number of pyridine rings is 2. The van der Waals surface area contributed by atoms with Gasteiger partial charge in [0, 0.05) is 11.8 Å². The van der Waals surface area contributed by atoms with E-state index in [1.54, 1.807) is 29.7 Å². The topological polar surface area (TPSA) is 94.2 Å². The molecule has 0 unspecified atom stereocenters. The molecule has 0 saturated carbocycles. The summed E-state index contributed by atoms with van der Waals surface area (Å²) in [5.74, 6) is -0.673. The Bertz CT molecular complexity index is 1250. The van der Waals surface area contributed by atoms with E-state index in [9.17, 15) is 14.0 Å². The number of aromatic nitrogens is 5. The van der Waals surface area contributed by atoms with Crippen molar-refractivity contribution in [2.75, 3.05) is 5.32 Å². The summed E-state index contributed by atoms with van der Waals surface area (Å²) in [7, 11) is 0. The van der Waals surface area contributed by atoms with Gasteiger partial charge in [0.25, 0.3) is 5.56 Å². The average Bonchev–Trinajstić information content (AvgIpc) is 3.02. The molecule has 4 heterocycles. The highest BCUT2D eigenvalue weighted by molar-refractivity contribution is 9.10. The lowest BCUT2D eigenvalue weighted by Crippen LogP contribution is -2.25. The van der Waals surface area contributed by atoms with E-state index in [1.807, 2.05) is 0 Å². The van der Waals surface area contributed by atoms with Gasteiger partial charge in [0.2, 0.25) is 5.91 Å². The van der Waals surface area contributed by atoms with Gasteiger partial charge in [-0.2, -0.15) is 9.61 Å². The van der Waals surface area contributed by atoms with Crippen LogP contribution in [0.25, 0.3) is 16.7 Å². The minimum absolute atomic E-state index is 0.131. The largest absolute Gasteiger partial charge is 0.309 e. The van der Waals surface area contributed by atoms with E-state index in [0.29, 0.717) is 27.0 Å². The quantitative estimate of drug-likeness (QED) is 0.537. The number of aryl methyl sites for hydroxylation is 1. The van der Waals surface area contributed by atoms with E-state index in [0.717, 1.165) is 6.20 Å². The minimum Gasteiger partial charge on any atom is -0.309 e. The first kappa shape index (κ1) is 17.3. The van der Waals surface area contributed by atoms with Crippen LogP contribution in [0.4, 0.5) is 10.2 Å². The Kier molecular flexibility index (Phi) is 4.19. The number of hydrogen-bond donors (Lipinski definition) is 1. The number of carbonyl (C=O) groups is 1. The van der Waals surface area contributed by atoms with Crippen molar-refractivity contribution in [2.45, 2.75) is 13.5 Å². The summed E-state index contributed by atoms with van der Waals surface area (Å²) in [6, 6.07) is 7.58. The van der Waals surface area contributed by atoms with Crippen LogP contribution in [0.5, 0.6) is 0 Å². The van der Waals surface area contributed by atoms with Crippen molar-refractivity contribution in [1.82, 2.24) is 24.1 Å². The molecule has 1 N–H and O–H groups in total. The van der Waals surface area contributed by atoms with E-state index in [-0.39, 0.29) is 17.9 Å². The molecule has 0 aliphatic heterocycles. The third kappa shape index (κ3) is 3.19. The van der Waals surface area contributed by atoms with Crippen LogP contribution < -0.4 is 10.9 Å². The highest BCUT2D eigenvalue weighted by Gasteiger charge is 2.17.